The van der Waals surface area contributed by atoms with Gasteiger partial charge in [0.15, 0.2) is 0 Å². The number of carbonyl (C=O) groups is 1. The van der Waals surface area contributed by atoms with Gasteiger partial charge in [-0.2, -0.15) is 0 Å². The highest BCUT2D eigenvalue weighted by atomic mass is 16.4. The van der Waals surface area contributed by atoms with E-state index < -0.39 is 5.97 Å². The minimum absolute atomic E-state index is 0.466. The molecule has 2 nitrogen and oxygen atoms in total. The number of rotatable bonds is 16. The zero-order chi connectivity index (χ0) is 18.6. The molecule has 0 unspecified atom stereocenters. The van der Waals surface area contributed by atoms with E-state index in [2.05, 4.69) is 19.1 Å². The number of carboxylic acid groups (broad SMARTS) is 1. The Bertz CT molecular complexity index is 427. The van der Waals surface area contributed by atoms with E-state index in [-0.39, 0.29) is 0 Å². The van der Waals surface area contributed by atoms with Crippen LogP contribution in [-0.2, 0) is 4.79 Å². The number of aliphatic carboxylic acids is 1. The van der Waals surface area contributed by atoms with Crippen molar-refractivity contribution in [2.24, 2.45) is 0 Å². The summed E-state index contributed by atoms with van der Waals surface area (Å²) in [4.78, 5) is 10.9. The largest absolute Gasteiger partial charge is 0.478 e. The minimum Gasteiger partial charge on any atom is -0.478 e. The quantitative estimate of drug-likeness (QED) is 0.180. The maximum Gasteiger partial charge on any atom is 0.331 e. The maximum absolute atomic E-state index is 10.9. The van der Waals surface area contributed by atoms with Gasteiger partial charge in [0.05, 0.1) is 0 Å². The molecular weight excluding hydrogens is 308 g/mol. The molecule has 0 aromatic rings. The van der Waals surface area contributed by atoms with Gasteiger partial charge in [0.2, 0.25) is 0 Å². The van der Waals surface area contributed by atoms with Crippen LogP contribution in [0, 0.1) is 0 Å². The van der Waals surface area contributed by atoms with Gasteiger partial charge >= 0.3 is 5.97 Å². The Balaban J connectivity index is 3.64. The lowest BCUT2D eigenvalue weighted by Gasteiger charge is -2.00. The van der Waals surface area contributed by atoms with Crippen LogP contribution in [-0.4, -0.2) is 11.1 Å². The zero-order valence-electron chi connectivity index (χ0n) is 16.4. The van der Waals surface area contributed by atoms with Crippen molar-refractivity contribution in [1.29, 1.82) is 0 Å². The zero-order valence-corrected chi connectivity index (χ0v) is 16.4. The number of allylic oxidation sites excluding steroid dienone is 7. The van der Waals surface area contributed by atoms with Gasteiger partial charge in [-0.15, -0.1) is 0 Å². The van der Waals surface area contributed by atoms with E-state index in [9.17, 15) is 4.79 Å². The molecule has 0 atom stereocenters. The highest BCUT2D eigenvalue weighted by molar-refractivity contribution is 5.86. The summed E-state index contributed by atoms with van der Waals surface area (Å²) < 4.78 is 0. The average Bonchev–Trinajstić information content (AvgIpc) is 2.60. The molecular formula is C23H38O2. The summed E-state index contributed by atoms with van der Waals surface area (Å²) in [5.41, 5.74) is 0.466. The fourth-order valence-electron chi connectivity index (χ4n) is 2.64. The van der Waals surface area contributed by atoms with Crippen molar-refractivity contribution in [2.75, 3.05) is 0 Å². The molecule has 0 fully saturated rings. The maximum atomic E-state index is 10.9. The van der Waals surface area contributed by atoms with E-state index in [4.69, 9.17) is 5.11 Å². The molecule has 0 bridgehead atoms. The lowest BCUT2D eigenvalue weighted by atomic mass is 10.1. The summed E-state index contributed by atoms with van der Waals surface area (Å²) >= 11 is 0. The van der Waals surface area contributed by atoms with Crippen LogP contribution >= 0.6 is 0 Å². The summed E-state index contributed by atoms with van der Waals surface area (Å²) in [6, 6.07) is 0. The summed E-state index contributed by atoms with van der Waals surface area (Å²) in [7, 11) is 0. The monoisotopic (exact) mass is 346 g/mol. The van der Waals surface area contributed by atoms with Crippen LogP contribution in [0.1, 0.15) is 90.9 Å². The summed E-state index contributed by atoms with van der Waals surface area (Å²) in [5.74, 6) is -0.823. The van der Waals surface area contributed by atoms with E-state index in [1.165, 1.54) is 57.8 Å². The Kier molecular flexibility index (Phi) is 17.6. The minimum atomic E-state index is -0.823. The molecule has 1 N–H and O–H groups in total. The first-order valence-electron chi connectivity index (χ1n) is 10.1. The van der Waals surface area contributed by atoms with Crippen LogP contribution in [0.25, 0.3) is 0 Å². The Labute approximate surface area is 155 Å². The summed E-state index contributed by atoms with van der Waals surface area (Å²) in [6.07, 6.45) is 28.5. The van der Waals surface area contributed by atoms with E-state index >= 15 is 0 Å². The third kappa shape index (κ3) is 17.1. The molecule has 2 heteroatoms. The van der Waals surface area contributed by atoms with E-state index in [1.807, 2.05) is 25.2 Å². The fraction of sp³-hybridized carbons (Fsp3) is 0.609. The first-order valence-corrected chi connectivity index (χ1v) is 10.1. The smallest absolute Gasteiger partial charge is 0.331 e. The van der Waals surface area contributed by atoms with Crippen molar-refractivity contribution < 1.29 is 9.90 Å². The molecule has 0 saturated carbocycles. The molecule has 0 aliphatic heterocycles. The molecule has 0 aliphatic rings. The third-order valence-electron chi connectivity index (χ3n) is 4.15. The Hall–Kier alpha value is -1.57. The second-order valence-electron chi connectivity index (χ2n) is 6.56. The molecule has 0 saturated heterocycles. The topological polar surface area (TPSA) is 37.3 Å². The van der Waals surface area contributed by atoms with Crippen LogP contribution in [0.5, 0.6) is 0 Å². The third-order valence-corrected chi connectivity index (χ3v) is 4.15. The van der Waals surface area contributed by atoms with Gasteiger partial charge in [0.1, 0.15) is 0 Å². The standard InChI is InChI=1S/C23H38O2/c1-3-5-6-7-8-9-10-11-12-13-14-15-16-17-18-19-21-22(20-4-2)23(24)25/h14-19,21H,3-13,20H2,1-2H3,(H,24,25). The van der Waals surface area contributed by atoms with Crippen LogP contribution in [0.4, 0.5) is 0 Å². The molecule has 0 radical (unpaired) electrons. The number of hydrogen-bond donors (Lipinski definition) is 1. The Morgan fingerprint density at radius 3 is 1.88 bits per heavy atom. The van der Waals surface area contributed by atoms with Crippen molar-refractivity contribution in [3.05, 3.63) is 48.1 Å². The molecule has 25 heavy (non-hydrogen) atoms. The predicted octanol–water partition coefficient (Wildman–Crippen LogP) is 7.39. The Morgan fingerprint density at radius 1 is 0.720 bits per heavy atom. The number of unbranched alkanes of at least 4 members (excludes halogenated alkanes) is 9. The average molecular weight is 347 g/mol. The van der Waals surface area contributed by atoms with Crippen molar-refractivity contribution >= 4 is 5.97 Å². The van der Waals surface area contributed by atoms with E-state index in [1.54, 1.807) is 12.2 Å². The summed E-state index contributed by atoms with van der Waals surface area (Å²) in [6.45, 7) is 4.25. The molecule has 0 heterocycles. The van der Waals surface area contributed by atoms with E-state index in [0.717, 1.165) is 12.8 Å². The molecule has 0 rings (SSSR count). The SMILES string of the molecule is CCCCCCCCCCCC=CC=CC=CC=C(CCC)C(=O)O. The molecule has 0 aromatic carbocycles. The molecule has 0 aliphatic carbocycles. The second-order valence-corrected chi connectivity index (χ2v) is 6.56. The van der Waals surface area contributed by atoms with Gasteiger partial charge in [-0.25, -0.2) is 4.79 Å². The number of hydrogen-bond acceptors (Lipinski definition) is 1. The van der Waals surface area contributed by atoms with Crippen LogP contribution in [0.2, 0.25) is 0 Å². The number of carboxylic acids is 1. The molecule has 0 amide bonds. The first kappa shape index (κ1) is 23.4. The van der Waals surface area contributed by atoms with Crippen molar-refractivity contribution in [3.8, 4) is 0 Å². The van der Waals surface area contributed by atoms with Crippen LogP contribution in [0.15, 0.2) is 48.1 Å². The predicted molar refractivity (Wildman–Crippen MR) is 110 cm³/mol. The van der Waals surface area contributed by atoms with Gasteiger partial charge in [-0.3, -0.25) is 0 Å². The van der Waals surface area contributed by atoms with Gasteiger partial charge in [0, 0.05) is 5.57 Å². The lowest BCUT2D eigenvalue weighted by Crippen LogP contribution is -1.99. The molecule has 0 spiro atoms. The van der Waals surface area contributed by atoms with Crippen LogP contribution < -0.4 is 0 Å². The van der Waals surface area contributed by atoms with Gasteiger partial charge in [0.25, 0.3) is 0 Å². The van der Waals surface area contributed by atoms with Gasteiger partial charge in [-0.1, -0.05) is 114 Å². The second kappa shape index (κ2) is 18.8. The highest BCUT2D eigenvalue weighted by Gasteiger charge is 2.02. The van der Waals surface area contributed by atoms with Crippen molar-refractivity contribution in [2.45, 2.75) is 90.9 Å². The first-order chi connectivity index (χ1) is 12.2. The van der Waals surface area contributed by atoms with Gasteiger partial charge < -0.3 is 5.11 Å². The lowest BCUT2D eigenvalue weighted by molar-refractivity contribution is -0.132. The fourth-order valence-corrected chi connectivity index (χ4v) is 2.64. The summed E-state index contributed by atoms with van der Waals surface area (Å²) in [5, 5.41) is 9.00. The normalized spacial score (nSPS) is 12.8. The van der Waals surface area contributed by atoms with Crippen molar-refractivity contribution in [1.82, 2.24) is 0 Å². The van der Waals surface area contributed by atoms with E-state index in [0.29, 0.717) is 12.0 Å². The van der Waals surface area contributed by atoms with Crippen LogP contribution in [0.3, 0.4) is 0 Å². The molecule has 142 valence electrons. The van der Waals surface area contributed by atoms with Crippen molar-refractivity contribution in [3.63, 3.8) is 0 Å². The van der Waals surface area contributed by atoms with Gasteiger partial charge in [-0.05, 0) is 19.3 Å². The Morgan fingerprint density at radius 2 is 1.28 bits per heavy atom. The molecule has 0 aromatic heterocycles. The highest BCUT2D eigenvalue weighted by Crippen LogP contribution is 2.10.